The minimum atomic E-state index is -0.255. The molecule has 0 atom stereocenters. The van der Waals surface area contributed by atoms with Crippen molar-refractivity contribution in [3.63, 3.8) is 0 Å². The van der Waals surface area contributed by atoms with Crippen molar-refractivity contribution in [3.05, 3.63) is 47.5 Å². The first kappa shape index (κ1) is 18.6. The van der Waals surface area contributed by atoms with E-state index in [1.54, 1.807) is 12.1 Å². The molecule has 0 fully saturated rings. The van der Waals surface area contributed by atoms with Gasteiger partial charge < -0.3 is 19.5 Å². The van der Waals surface area contributed by atoms with Gasteiger partial charge in [-0.2, -0.15) is 0 Å². The molecular formula is C20H25NO4. The molecule has 2 aromatic carbocycles. The number of ether oxygens (including phenoxy) is 3. The van der Waals surface area contributed by atoms with Gasteiger partial charge in [0, 0.05) is 6.07 Å². The summed E-state index contributed by atoms with van der Waals surface area (Å²) in [6.45, 7) is 8.77. The number of amides is 1. The summed E-state index contributed by atoms with van der Waals surface area (Å²) in [7, 11) is 0. The topological polar surface area (TPSA) is 56.8 Å². The number of rotatable bonds is 8. The van der Waals surface area contributed by atoms with E-state index in [9.17, 15) is 4.79 Å². The Morgan fingerprint density at radius 3 is 2.32 bits per heavy atom. The van der Waals surface area contributed by atoms with E-state index in [1.807, 2.05) is 52.0 Å². The van der Waals surface area contributed by atoms with Crippen molar-refractivity contribution in [2.45, 2.75) is 27.7 Å². The average Bonchev–Trinajstić information content (AvgIpc) is 2.57. The zero-order chi connectivity index (χ0) is 18.2. The minimum Gasteiger partial charge on any atom is -0.494 e. The minimum absolute atomic E-state index is 0.0751. The summed E-state index contributed by atoms with van der Waals surface area (Å²) in [5.41, 5.74) is 2.73. The predicted molar refractivity (Wildman–Crippen MR) is 98.8 cm³/mol. The molecule has 5 heteroatoms. The van der Waals surface area contributed by atoms with E-state index in [0.29, 0.717) is 36.1 Å². The highest BCUT2D eigenvalue weighted by molar-refractivity contribution is 5.93. The van der Waals surface area contributed by atoms with Crippen LogP contribution in [0.1, 0.15) is 25.0 Å². The third-order valence-corrected chi connectivity index (χ3v) is 3.53. The molecule has 25 heavy (non-hydrogen) atoms. The number of anilines is 1. The third-order valence-electron chi connectivity index (χ3n) is 3.53. The maximum atomic E-state index is 12.3. The number of aryl methyl sites for hydroxylation is 2. The van der Waals surface area contributed by atoms with Crippen LogP contribution in [0.4, 0.5) is 5.69 Å². The maximum absolute atomic E-state index is 12.3. The van der Waals surface area contributed by atoms with Crippen LogP contribution < -0.4 is 19.5 Å². The Kier molecular flexibility index (Phi) is 6.69. The van der Waals surface area contributed by atoms with Crippen molar-refractivity contribution in [2.24, 2.45) is 0 Å². The number of hydrogen-bond acceptors (Lipinski definition) is 4. The van der Waals surface area contributed by atoms with Crippen LogP contribution in [0.3, 0.4) is 0 Å². The monoisotopic (exact) mass is 343 g/mol. The largest absolute Gasteiger partial charge is 0.494 e. The van der Waals surface area contributed by atoms with Crippen molar-refractivity contribution in [1.29, 1.82) is 0 Å². The third kappa shape index (κ3) is 5.41. The van der Waals surface area contributed by atoms with Crippen molar-refractivity contribution in [1.82, 2.24) is 0 Å². The highest BCUT2D eigenvalue weighted by atomic mass is 16.5. The molecule has 2 rings (SSSR count). The van der Waals surface area contributed by atoms with Crippen LogP contribution in [0.2, 0.25) is 0 Å². The van der Waals surface area contributed by atoms with Gasteiger partial charge in [-0.15, -0.1) is 0 Å². The van der Waals surface area contributed by atoms with Gasteiger partial charge in [0.15, 0.2) is 6.61 Å². The Bertz CT molecular complexity index is 728. The zero-order valence-corrected chi connectivity index (χ0v) is 15.2. The van der Waals surface area contributed by atoms with Gasteiger partial charge >= 0.3 is 0 Å². The summed E-state index contributed by atoms with van der Waals surface area (Å²) >= 11 is 0. The molecule has 0 unspecified atom stereocenters. The second-order valence-corrected chi connectivity index (χ2v) is 5.63. The zero-order valence-electron chi connectivity index (χ0n) is 15.2. The fourth-order valence-electron chi connectivity index (χ4n) is 2.44. The Labute approximate surface area is 148 Å². The van der Waals surface area contributed by atoms with E-state index < -0.39 is 0 Å². The first-order valence-electron chi connectivity index (χ1n) is 8.43. The molecular weight excluding hydrogens is 318 g/mol. The quantitative estimate of drug-likeness (QED) is 0.783. The van der Waals surface area contributed by atoms with E-state index in [2.05, 4.69) is 5.32 Å². The number of hydrogen-bond donors (Lipinski definition) is 1. The first-order chi connectivity index (χ1) is 12.0. The van der Waals surface area contributed by atoms with E-state index >= 15 is 0 Å². The highest BCUT2D eigenvalue weighted by Gasteiger charge is 2.11. The lowest BCUT2D eigenvalue weighted by atomic mass is 10.1. The van der Waals surface area contributed by atoms with Gasteiger partial charge in [0.2, 0.25) is 0 Å². The van der Waals surface area contributed by atoms with Gasteiger partial charge in [0.25, 0.3) is 5.91 Å². The molecule has 0 saturated heterocycles. The van der Waals surface area contributed by atoms with Crippen LogP contribution >= 0.6 is 0 Å². The van der Waals surface area contributed by atoms with Crippen molar-refractivity contribution in [3.8, 4) is 17.2 Å². The lowest BCUT2D eigenvalue weighted by Gasteiger charge is -2.14. The summed E-state index contributed by atoms with van der Waals surface area (Å²) < 4.78 is 16.7. The molecule has 0 spiro atoms. The van der Waals surface area contributed by atoms with Crippen molar-refractivity contribution < 1.29 is 19.0 Å². The van der Waals surface area contributed by atoms with Crippen LogP contribution in [-0.2, 0) is 4.79 Å². The standard InChI is InChI=1S/C20H25NO4/c1-5-23-16-8-10-19(24-6-2)17(12-16)21-20(22)13-25-18-9-7-14(3)11-15(18)4/h7-12H,5-6,13H2,1-4H3,(H,21,22). The van der Waals surface area contributed by atoms with E-state index in [-0.39, 0.29) is 12.5 Å². The Hall–Kier alpha value is -2.69. The number of carbonyl (C=O) groups excluding carboxylic acids is 1. The highest BCUT2D eigenvalue weighted by Crippen LogP contribution is 2.29. The summed E-state index contributed by atoms with van der Waals surface area (Å²) in [5.74, 6) is 1.73. The summed E-state index contributed by atoms with van der Waals surface area (Å²) in [6, 6.07) is 11.2. The molecule has 0 saturated carbocycles. The number of nitrogens with one attached hydrogen (secondary N) is 1. The molecule has 5 nitrogen and oxygen atoms in total. The van der Waals surface area contributed by atoms with Gasteiger partial charge in [-0.25, -0.2) is 0 Å². The molecule has 0 aliphatic rings. The molecule has 0 radical (unpaired) electrons. The van der Waals surface area contributed by atoms with Crippen LogP contribution in [0, 0.1) is 13.8 Å². The van der Waals surface area contributed by atoms with Crippen molar-refractivity contribution in [2.75, 3.05) is 25.1 Å². The Morgan fingerprint density at radius 1 is 0.920 bits per heavy atom. The smallest absolute Gasteiger partial charge is 0.262 e. The van der Waals surface area contributed by atoms with Crippen molar-refractivity contribution >= 4 is 11.6 Å². The molecule has 1 amide bonds. The summed E-state index contributed by atoms with van der Waals surface area (Å²) in [5, 5.41) is 2.83. The summed E-state index contributed by atoms with van der Waals surface area (Å²) in [4.78, 5) is 12.3. The molecule has 0 heterocycles. The van der Waals surface area contributed by atoms with Crippen LogP contribution in [0.5, 0.6) is 17.2 Å². The second-order valence-electron chi connectivity index (χ2n) is 5.63. The van der Waals surface area contributed by atoms with Crippen LogP contribution in [-0.4, -0.2) is 25.7 Å². The van der Waals surface area contributed by atoms with Crippen LogP contribution in [0.25, 0.3) is 0 Å². The fraction of sp³-hybridized carbons (Fsp3) is 0.350. The lowest BCUT2D eigenvalue weighted by Crippen LogP contribution is -2.21. The fourth-order valence-corrected chi connectivity index (χ4v) is 2.44. The first-order valence-corrected chi connectivity index (χ1v) is 8.43. The maximum Gasteiger partial charge on any atom is 0.262 e. The second kappa shape index (κ2) is 8.97. The lowest BCUT2D eigenvalue weighted by molar-refractivity contribution is -0.118. The van der Waals surface area contributed by atoms with Gasteiger partial charge in [-0.05, 0) is 51.5 Å². The van der Waals surface area contributed by atoms with Crippen LogP contribution in [0.15, 0.2) is 36.4 Å². The number of benzene rings is 2. The van der Waals surface area contributed by atoms with Gasteiger partial charge in [0.05, 0.1) is 18.9 Å². The van der Waals surface area contributed by atoms with E-state index in [1.165, 1.54) is 0 Å². The van der Waals surface area contributed by atoms with Gasteiger partial charge in [-0.1, -0.05) is 17.7 Å². The average molecular weight is 343 g/mol. The molecule has 0 aliphatic heterocycles. The van der Waals surface area contributed by atoms with Gasteiger partial charge in [0.1, 0.15) is 17.2 Å². The number of carbonyl (C=O) groups is 1. The Balaban J connectivity index is 2.04. The van der Waals surface area contributed by atoms with E-state index in [4.69, 9.17) is 14.2 Å². The van der Waals surface area contributed by atoms with E-state index in [0.717, 1.165) is 11.1 Å². The molecule has 0 bridgehead atoms. The molecule has 134 valence electrons. The van der Waals surface area contributed by atoms with Gasteiger partial charge in [-0.3, -0.25) is 4.79 Å². The SMILES string of the molecule is CCOc1ccc(OCC)c(NC(=O)COc2ccc(C)cc2C)c1. The molecule has 2 aromatic rings. The Morgan fingerprint density at radius 2 is 1.64 bits per heavy atom. The predicted octanol–water partition coefficient (Wildman–Crippen LogP) is 4.12. The summed E-state index contributed by atoms with van der Waals surface area (Å²) in [6.07, 6.45) is 0. The normalized spacial score (nSPS) is 10.2. The molecule has 0 aromatic heterocycles. The molecule has 0 aliphatic carbocycles. The molecule has 1 N–H and O–H groups in total.